The van der Waals surface area contributed by atoms with Gasteiger partial charge in [0.15, 0.2) is 0 Å². The maximum atomic E-state index is 13.7. The van der Waals surface area contributed by atoms with E-state index in [4.69, 9.17) is 10.5 Å². The molecule has 0 spiro atoms. The third kappa shape index (κ3) is 9.41. The molecule has 0 aromatic heterocycles. The van der Waals surface area contributed by atoms with Gasteiger partial charge in [-0.1, -0.05) is 38.1 Å². The van der Waals surface area contributed by atoms with Crippen LogP contribution in [-0.4, -0.2) is 52.9 Å². The number of carbonyl (C=O) groups excluding carboxylic acids is 4. The van der Waals surface area contributed by atoms with Crippen molar-refractivity contribution in [1.82, 2.24) is 15.5 Å². The van der Waals surface area contributed by atoms with E-state index in [-0.39, 0.29) is 18.5 Å². The molecule has 0 aliphatic heterocycles. The van der Waals surface area contributed by atoms with Gasteiger partial charge in [0.1, 0.15) is 17.7 Å². The van der Waals surface area contributed by atoms with E-state index < -0.39 is 42.0 Å². The monoisotopic (exact) mass is 476 g/mol. The van der Waals surface area contributed by atoms with Crippen molar-refractivity contribution in [1.29, 1.82) is 0 Å². The van der Waals surface area contributed by atoms with E-state index in [2.05, 4.69) is 10.6 Å². The van der Waals surface area contributed by atoms with Gasteiger partial charge in [-0.15, -0.1) is 0 Å². The number of rotatable bonds is 11. The van der Waals surface area contributed by atoms with Crippen molar-refractivity contribution >= 4 is 23.8 Å². The van der Waals surface area contributed by atoms with E-state index in [1.165, 1.54) is 4.90 Å². The largest absolute Gasteiger partial charge is 0.444 e. The van der Waals surface area contributed by atoms with Crippen molar-refractivity contribution in [3.63, 3.8) is 0 Å². The fourth-order valence-corrected chi connectivity index (χ4v) is 3.43. The summed E-state index contributed by atoms with van der Waals surface area (Å²) in [7, 11) is 0. The standard InChI is InChI=1S/C25H40N4O5/c1-8-14-29(23(32)19(15-20(26)30)28-24(33)34-25(5,6)7)21(22(31)27-16(3)4)18-12-10-17(9-2)11-13-18/h10-13,16,19,21H,8-9,14-15H2,1-7H3,(H2,26,30)(H,27,31)(H,28,33). The molecule has 0 bridgehead atoms. The first kappa shape index (κ1) is 28.9. The molecule has 190 valence electrons. The lowest BCUT2D eigenvalue weighted by Crippen LogP contribution is -2.54. The molecule has 0 aliphatic carbocycles. The first-order chi connectivity index (χ1) is 15.8. The molecule has 2 unspecified atom stereocenters. The van der Waals surface area contributed by atoms with Crippen molar-refractivity contribution in [2.45, 2.75) is 91.5 Å². The van der Waals surface area contributed by atoms with E-state index in [0.29, 0.717) is 12.0 Å². The Morgan fingerprint density at radius 3 is 2.06 bits per heavy atom. The highest BCUT2D eigenvalue weighted by Gasteiger charge is 2.36. The van der Waals surface area contributed by atoms with Gasteiger partial charge in [-0.3, -0.25) is 14.4 Å². The third-order valence-electron chi connectivity index (χ3n) is 4.84. The average Bonchev–Trinajstić information content (AvgIpc) is 2.70. The molecule has 9 heteroatoms. The molecule has 34 heavy (non-hydrogen) atoms. The molecule has 0 saturated carbocycles. The fourth-order valence-electron chi connectivity index (χ4n) is 3.43. The summed E-state index contributed by atoms with van der Waals surface area (Å²) in [6.45, 7) is 12.9. The van der Waals surface area contributed by atoms with Crippen molar-refractivity contribution in [3.05, 3.63) is 35.4 Å². The highest BCUT2D eigenvalue weighted by Crippen LogP contribution is 2.24. The van der Waals surface area contributed by atoms with Crippen LogP contribution in [0.2, 0.25) is 0 Å². The average molecular weight is 477 g/mol. The van der Waals surface area contributed by atoms with Crippen LogP contribution < -0.4 is 16.4 Å². The normalized spacial score (nSPS) is 13.1. The zero-order chi connectivity index (χ0) is 26.1. The number of primary amides is 1. The highest BCUT2D eigenvalue weighted by molar-refractivity contribution is 5.94. The molecule has 1 rings (SSSR count). The number of nitrogens with two attached hydrogens (primary N) is 1. The molecule has 9 nitrogen and oxygen atoms in total. The van der Waals surface area contributed by atoms with Crippen LogP contribution in [0.1, 0.15) is 78.5 Å². The Morgan fingerprint density at radius 2 is 1.62 bits per heavy atom. The van der Waals surface area contributed by atoms with Crippen LogP contribution in [-0.2, 0) is 25.5 Å². The van der Waals surface area contributed by atoms with Crippen LogP contribution in [0.4, 0.5) is 4.79 Å². The number of amides is 4. The number of nitrogens with one attached hydrogen (secondary N) is 2. The van der Waals surface area contributed by atoms with Crippen LogP contribution in [0, 0.1) is 0 Å². The molecule has 2 atom stereocenters. The Kier molecular flexibility index (Phi) is 11.0. The lowest BCUT2D eigenvalue weighted by molar-refractivity contribution is -0.143. The summed E-state index contributed by atoms with van der Waals surface area (Å²) in [6.07, 6.45) is 0.117. The molecule has 0 fully saturated rings. The van der Waals surface area contributed by atoms with Gasteiger partial charge in [0.25, 0.3) is 0 Å². The predicted molar refractivity (Wildman–Crippen MR) is 131 cm³/mol. The molecule has 4 N–H and O–H groups in total. The lowest BCUT2D eigenvalue weighted by atomic mass is 9.99. The molecule has 0 aliphatic rings. The van der Waals surface area contributed by atoms with Crippen LogP contribution >= 0.6 is 0 Å². The first-order valence-electron chi connectivity index (χ1n) is 11.8. The second-order valence-electron chi connectivity index (χ2n) is 9.56. The molecule has 0 radical (unpaired) electrons. The maximum absolute atomic E-state index is 13.7. The van der Waals surface area contributed by atoms with E-state index in [1.54, 1.807) is 20.8 Å². The van der Waals surface area contributed by atoms with Gasteiger partial charge in [-0.05, 0) is 58.6 Å². The summed E-state index contributed by atoms with van der Waals surface area (Å²) in [4.78, 5) is 52.5. The minimum Gasteiger partial charge on any atom is -0.444 e. The fraction of sp³-hybridized carbons (Fsp3) is 0.600. The Morgan fingerprint density at radius 1 is 1.03 bits per heavy atom. The second kappa shape index (κ2) is 13.0. The van der Waals surface area contributed by atoms with E-state index in [9.17, 15) is 19.2 Å². The summed E-state index contributed by atoms with van der Waals surface area (Å²) in [5, 5.41) is 5.34. The Hall–Kier alpha value is -3.10. The topological polar surface area (TPSA) is 131 Å². The number of hydrogen-bond acceptors (Lipinski definition) is 5. The molecule has 4 amide bonds. The third-order valence-corrected chi connectivity index (χ3v) is 4.84. The van der Waals surface area contributed by atoms with Gasteiger partial charge in [-0.2, -0.15) is 0 Å². The quantitative estimate of drug-likeness (QED) is 0.452. The zero-order valence-corrected chi connectivity index (χ0v) is 21.4. The molecular weight excluding hydrogens is 436 g/mol. The van der Waals surface area contributed by atoms with Crippen molar-refractivity contribution in [2.24, 2.45) is 5.73 Å². The van der Waals surface area contributed by atoms with Crippen LogP contribution in [0.5, 0.6) is 0 Å². The van der Waals surface area contributed by atoms with Gasteiger partial charge in [0, 0.05) is 12.6 Å². The van der Waals surface area contributed by atoms with Crippen LogP contribution in [0.3, 0.4) is 0 Å². The first-order valence-corrected chi connectivity index (χ1v) is 11.8. The van der Waals surface area contributed by atoms with Gasteiger partial charge in [0.2, 0.25) is 17.7 Å². The summed E-state index contributed by atoms with van der Waals surface area (Å²) in [6, 6.07) is 5.11. The Labute approximate surface area is 202 Å². The van der Waals surface area contributed by atoms with Gasteiger partial charge >= 0.3 is 6.09 Å². The zero-order valence-electron chi connectivity index (χ0n) is 21.4. The van der Waals surface area contributed by atoms with E-state index in [1.807, 2.05) is 52.0 Å². The summed E-state index contributed by atoms with van der Waals surface area (Å²) in [5.41, 5.74) is 6.30. The molecule has 1 aromatic carbocycles. The summed E-state index contributed by atoms with van der Waals surface area (Å²) < 4.78 is 5.26. The van der Waals surface area contributed by atoms with Crippen molar-refractivity contribution in [2.75, 3.05) is 6.54 Å². The second-order valence-corrected chi connectivity index (χ2v) is 9.56. The SMILES string of the molecule is CCCN(C(=O)C(CC(N)=O)NC(=O)OC(C)(C)C)C(C(=O)NC(C)C)c1ccc(CC)cc1. The number of carbonyl (C=O) groups is 4. The van der Waals surface area contributed by atoms with Gasteiger partial charge < -0.3 is 26.0 Å². The van der Waals surface area contributed by atoms with Gasteiger partial charge in [0.05, 0.1) is 6.42 Å². The smallest absolute Gasteiger partial charge is 0.408 e. The van der Waals surface area contributed by atoms with Crippen molar-refractivity contribution in [3.8, 4) is 0 Å². The molecule has 0 heterocycles. The summed E-state index contributed by atoms with van der Waals surface area (Å²) >= 11 is 0. The number of ether oxygens (including phenoxy) is 1. The lowest BCUT2D eigenvalue weighted by Gasteiger charge is -2.34. The maximum Gasteiger partial charge on any atom is 0.408 e. The number of aryl methyl sites for hydroxylation is 1. The number of hydrogen-bond donors (Lipinski definition) is 3. The van der Waals surface area contributed by atoms with Gasteiger partial charge in [-0.25, -0.2) is 4.79 Å². The minimum absolute atomic E-state index is 0.148. The number of alkyl carbamates (subject to hydrolysis) is 1. The Bertz CT molecular complexity index is 846. The summed E-state index contributed by atoms with van der Waals surface area (Å²) in [5.74, 6) is -1.70. The van der Waals surface area contributed by atoms with Crippen LogP contribution in [0.25, 0.3) is 0 Å². The van der Waals surface area contributed by atoms with E-state index >= 15 is 0 Å². The predicted octanol–water partition coefficient (Wildman–Crippen LogP) is 2.82. The minimum atomic E-state index is -1.27. The molecule has 0 saturated heterocycles. The highest BCUT2D eigenvalue weighted by atomic mass is 16.6. The van der Waals surface area contributed by atoms with Crippen LogP contribution in [0.15, 0.2) is 24.3 Å². The number of benzene rings is 1. The Balaban J connectivity index is 3.42. The van der Waals surface area contributed by atoms with E-state index in [0.717, 1.165) is 12.0 Å². The number of nitrogens with zero attached hydrogens (tertiary/aromatic N) is 1. The van der Waals surface area contributed by atoms with Crippen molar-refractivity contribution < 1.29 is 23.9 Å². The molecule has 1 aromatic rings. The molecular formula is C25H40N4O5.